The van der Waals surface area contributed by atoms with Crippen molar-refractivity contribution in [2.75, 3.05) is 0 Å². The first-order chi connectivity index (χ1) is 4.61. The molecule has 1 aromatic rings. The van der Waals surface area contributed by atoms with Crippen molar-refractivity contribution in [3.05, 3.63) is 30.6 Å². The van der Waals surface area contributed by atoms with E-state index in [-0.39, 0.29) is 0 Å². The number of pyridine rings is 1. The molecule has 1 rings (SSSR count). The highest BCUT2D eigenvalue weighted by Gasteiger charge is 2.06. The Balaban J connectivity index is 3.09. The molecule has 10 heavy (non-hydrogen) atoms. The van der Waals surface area contributed by atoms with E-state index in [1.165, 1.54) is 4.34 Å². The molecule has 1 heterocycles. The van der Waals surface area contributed by atoms with Gasteiger partial charge in [-0.3, -0.25) is 0 Å². The minimum absolute atomic E-state index is 1.32. The second-order valence-electron chi connectivity index (χ2n) is 1.71. The first-order valence-corrected chi connectivity index (χ1v) is 6.16. The van der Waals surface area contributed by atoms with Gasteiger partial charge in [0, 0.05) is 12.1 Å². The summed E-state index contributed by atoms with van der Waals surface area (Å²) in [6, 6.07) is 5.25. The molecule has 1 unspecified atom stereocenters. The third-order valence-electron chi connectivity index (χ3n) is 0.976. The van der Waals surface area contributed by atoms with Crippen molar-refractivity contribution in [2.45, 2.75) is 0 Å². The second-order valence-corrected chi connectivity index (χ2v) is 6.53. The lowest BCUT2D eigenvalue weighted by Crippen LogP contribution is -2.32. The van der Waals surface area contributed by atoms with Crippen molar-refractivity contribution >= 4 is 28.8 Å². The largest absolute Gasteiger partial charge is 0.756 e. The zero-order valence-electron chi connectivity index (χ0n) is 4.98. The average Bonchev–Trinajstić information content (AvgIpc) is 1.88. The molecule has 1 atom stereocenters. The van der Waals surface area contributed by atoms with Crippen molar-refractivity contribution in [1.29, 1.82) is 0 Å². The monoisotopic (exact) mass is 193 g/mol. The lowest BCUT2D eigenvalue weighted by molar-refractivity contribution is -0.544. The summed E-state index contributed by atoms with van der Waals surface area (Å²) in [5.41, 5.74) is 0. The fourth-order valence-corrected chi connectivity index (χ4v) is 1.65. The summed E-state index contributed by atoms with van der Waals surface area (Å²) >= 11 is 9.93. The Bertz CT molecular complexity index is 260. The molecule has 0 fully saturated rings. The predicted molar refractivity (Wildman–Crippen MR) is 42.2 cm³/mol. The molecular formula is C5H5ClNOPS. The van der Waals surface area contributed by atoms with Gasteiger partial charge in [-0.05, 0) is 23.0 Å². The van der Waals surface area contributed by atoms with E-state index in [4.69, 9.17) is 11.2 Å². The van der Waals surface area contributed by atoms with Crippen molar-refractivity contribution in [1.82, 2.24) is 0 Å². The third kappa shape index (κ3) is 2.03. The Morgan fingerprint density at radius 2 is 1.80 bits per heavy atom. The van der Waals surface area contributed by atoms with Crippen LogP contribution in [0.3, 0.4) is 0 Å². The molecule has 0 saturated carbocycles. The smallest absolute Gasteiger partial charge is 0.217 e. The van der Waals surface area contributed by atoms with E-state index in [2.05, 4.69) is 11.8 Å². The van der Waals surface area contributed by atoms with Crippen LogP contribution in [0.4, 0.5) is 0 Å². The highest BCUT2D eigenvalue weighted by atomic mass is 35.7. The van der Waals surface area contributed by atoms with Crippen molar-refractivity contribution in [3.8, 4) is 0 Å². The van der Waals surface area contributed by atoms with Crippen molar-refractivity contribution < 1.29 is 9.23 Å². The molecule has 0 aliphatic carbocycles. The van der Waals surface area contributed by atoms with Gasteiger partial charge in [0.25, 0.3) is 0 Å². The molecule has 54 valence electrons. The standard InChI is InChI=1S/C5H5ClNOPS/c6-9(8,10)7-4-2-1-3-5-7/h1-5H. The van der Waals surface area contributed by atoms with Gasteiger partial charge in [0.15, 0.2) is 12.4 Å². The maximum atomic E-state index is 11.0. The molecule has 0 aliphatic heterocycles. The van der Waals surface area contributed by atoms with Crippen molar-refractivity contribution in [2.24, 2.45) is 0 Å². The minimum atomic E-state index is -3.05. The summed E-state index contributed by atoms with van der Waals surface area (Å²) in [6.45, 7) is 0. The SMILES string of the molecule is [O-]P(=S)(Cl)[n+]1ccccc1. The molecular weight excluding hydrogens is 189 g/mol. The number of hydrogen-bond donors (Lipinski definition) is 0. The van der Waals surface area contributed by atoms with Crippen LogP contribution in [-0.2, 0) is 11.8 Å². The van der Waals surface area contributed by atoms with Crippen LogP contribution < -0.4 is 9.23 Å². The van der Waals surface area contributed by atoms with Gasteiger partial charge >= 0.3 is 0 Å². The summed E-state index contributed by atoms with van der Waals surface area (Å²) in [7, 11) is 0. The molecule has 0 aromatic carbocycles. The predicted octanol–water partition coefficient (Wildman–Crippen LogP) is 0.646. The Hall–Kier alpha value is 0.0500. The van der Waals surface area contributed by atoms with Crippen LogP contribution >= 0.6 is 17.0 Å². The van der Waals surface area contributed by atoms with Crippen LogP contribution in [0, 0.1) is 0 Å². The molecule has 0 saturated heterocycles. The van der Waals surface area contributed by atoms with E-state index in [0.717, 1.165) is 0 Å². The first-order valence-electron chi connectivity index (χ1n) is 2.58. The third-order valence-corrected chi connectivity index (χ3v) is 2.88. The minimum Gasteiger partial charge on any atom is -0.756 e. The van der Waals surface area contributed by atoms with Gasteiger partial charge in [-0.2, -0.15) is 4.34 Å². The van der Waals surface area contributed by atoms with E-state index in [1.807, 2.05) is 0 Å². The number of aromatic nitrogens is 1. The Morgan fingerprint density at radius 3 is 2.10 bits per heavy atom. The molecule has 0 amide bonds. The molecule has 0 spiro atoms. The molecule has 0 N–H and O–H groups in total. The van der Waals surface area contributed by atoms with E-state index < -0.39 is 5.77 Å². The summed E-state index contributed by atoms with van der Waals surface area (Å²) in [4.78, 5) is 11.0. The van der Waals surface area contributed by atoms with Gasteiger partial charge in [0.2, 0.25) is 5.77 Å². The van der Waals surface area contributed by atoms with E-state index in [1.54, 1.807) is 30.6 Å². The molecule has 0 bridgehead atoms. The Morgan fingerprint density at radius 1 is 1.30 bits per heavy atom. The molecule has 2 nitrogen and oxygen atoms in total. The number of hydrogen-bond acceptors (Lipinski definition) is 2. The summed E-state index contributed by atoms with van der Waals surface area (Å²) in [5.74, 6) is -3.05. The van der Waals surface area contributed by atoms with Crippen LogP contribution in [-0.4, -0.2) is 0 Å². The van der Waals surface area contributed by atoms with Gasteiger partial charge in [-0.1, -0.05) is 6.07 Å². The number of halogens is 1. The van der Waals surface area contributed by atoms with Crippen molar-refractivity contribution in [3.63, 3.8) is 0 Å². The van der Waals surface area contributed by atoms with Crippen LogP contribution in [0.5, 0.6) is 0 Å². The molecule has 0 aliphatic rings. The van der Waals surface area contributed by atoms with Gasteiger partial charge in [0.05, 0.1) is 0 Å². The topological polar surface area (TPSA) is 26.9 Å². The zero-order chi connectivity index (χ0) is 7.61. The number of nitrogens with zero attached hydrogens (tertiary/aromatic N) is 1. The van der Waals surface area contributed by atoms with Crippen LogP contribution in [0.25, 0.3) is 0 Å². The average molecular weight is 194 g/mol. The second kappa shape index (κ2) is 2.97. The summed E-state index contributed by atoms with van der Waals surface area (Å²) in [6.07, 6.45) is 3.17. The molecule has 5 heteroatoms. The summed E-state index contributed by atoms with van der Waals surface area (Å²) < 4.78 is 1.32. The lowest BCUT2D eigenvalue weighted by Gasteiger charge is -2.10. The fourth-order valence-electron chi connectivity index (χ4n) is 0.549. The van der Waals surface area contributed by atoms with Crippen LogP contribution in [0.2, 0.25) is 0 Å². The first kappa shape index (κ1) is 8.15. The molecule has 0 radical (unpaired) electrons. The Labute approximate surface area is 69.0 Å². The van der Waals surface area contributed by atoms with E-state index in [0.29, 0.717) is 0 Å². The van der Waals surface area contributed by atoms with Crippen LogP contribution in [0.15, 0.2) is 30.6 Å². The number of rotatable bonds is 1. The van der Waals surface area contributed by atoms with Gasteiger partial charge in [-0.15, -0.1) is 0 Å². The molecule has 1 aromatic heterocycles. The highest BCUT2D eigenvalue weighted by Crippen LogP contribution is 2.34. The van der Waals surface area contributed by atoms with Gasteiger partial charge in [0.1, 0.15) is 0 Å². The highest BCUT2D eigenvalue weighted by molar-refractivity contribution is 8.20. The quantitative estimate of drug-likeness (QED) is 0.613. The zero-order valence-corrected chi connectivity index (χ0v) is 7.44. The maximum absolute atomic E-state index is 11.0. The summed E-state index contributed by atoms with van der Waals surface area (Å²) in [5, 5.41) is 0. The van der Waals surface area contributed by atoms with Gasteiger partial charge < -0.3 is 4.89 Å². The van der Waals surface area contributed by atoms with E-state index >= 15 is 0 Å². The normalized spacial score (nSPS) is 16.2. The lowest BCUT2D eigenvalue weighted by atomic mass is 10.5. The fraction of sp³-hybridized carbons (Fsp3) is 0. The van der Waals surface area contributed by atoms with Gasteiger partial charge in [-0.25, -0.2) is 0 Å². The van der Waals surface area contributed by atoms with Crippen LogP contribution in [0.1, 0.15) is 0 Å². The Kier molecular flexibility index (Phi) is 2.42. The van der Waals surface area contributed by atoms with E-state index in [9.17, 15) is 4.89 Å². The maximum Gasteiger partial charge on any atom is 0.217 e.